The monoisotopic (exact) mass is 489 g/mol. The lowest BCUT2D eigenvalue weighted by Crippen LogP contribution is -2.47. The van der Waals surface area contributed by atoms with Crippen LogP contribution in [-0.4, -0.2) is 56.9 Å². The van der Waals surface area contributed by atoms with Gasteiger partial charge in [0.2, 0.25) is 15.9 Å². The zero-order chi connectivity index (χ0) is 24.9. The van der Waals surface area contributed by atoms with Crippen molar-refractivity contribution in [1.82, 2.24) is 9.62 Å². The van der Waals surface area contributed by atoms with Gasteiger partial charge in [0.1, 0.15) is 19.3 Å². The fourth-order valence-electron chi connectivity index (χ4n) is 3.61. The highest BCUT2D eigenvalue weighted by molar-refractivity contribution is 7.89. The number of carbonyl (C=O) groups is 2. The van der Waals surface area contributed by atoms with E-state index in [0.717, 1.165) is 0 Å². The molecule has 1 unspecified atom stereocenters. The molecule has 2 aromatic rings. The van der Waals surface area contributed by atoms with Gasteiger partial charge in [-0.15, -0.1) is 0 Å². The Labute approximate surface area is 200 Å². The van der Waals surface area contributed by atoms with Crippen LogP contribution in [0.3, 0.4) is 0 Å². The van der Waals surface area contributed by atoms with E-state index in [1.54, 1.807) is 32.0 Å². The topological polar surface area (TPSA) is 114 Å². The van der Waals surface area contributed by atoms with Crippen molar-refractivity contribution in [3.05, 3.63) is 48.0 Å². The van der Waals surface area contributed by atoms with Gasteiger partial charge >= 0.3 is 0 Å². The van der Waals surface area contributed by atoms with Gasteiger partial charge in [0, 0.05) is 30.4 Å². The lowest BCUT2D eigenvalue weighted by Gasteiger charge is -2.23. The molecule has 10 heteroatoms. The molecule has 0 spiro atoms. The molecule has 1 heterocycles. The van der Waals surface area contributed by atoms with Crippen LogP contribution in [-0.2, 0) is 14.8 Å². The van der Waals surface area contributed by atoms with Crippen molar-refractivity contribution in [2.24, 2.45) is 5.92 Å². The van der Waals surface area contributed by atoms with Crippen molar-refractivity contribution in [2.75, 3.05) is 31.6 Å². The average Bonchev–Trinajstić information content (AvgIpc) is 2.82. The number of sulfonamides is 1. The summed E-state index contributed by atoms with van der Waals surface area (Å²) in [5, 5.41) is 5.54. The van der Waals surface area contributed by atoms with Gasteiger partial charge in [-0.2, -0.15) is 4.31 Å². The number of ether oxygens (including phenoxy) is 2. The normalized spacial score (nSPS) is 14.1. The molecule has 0 bridgehead atoms. The predicted molar refractivity (Wildman–Crippen MR) is 129 cm³/mol. The first kappa shape index (κ1) is 25.5. The van der Waals surface area contributed by atoms with Crippen LogP contribution < -0.4 is 20.1 Å². The van der Waals surface area contributed by atoms with E-state index in [2.05, 4.69) is 10.6 Å². The Morgan fingerprint density at radius 1 is 1.00 bits per heavy atom. The van der Waals surface area contributed by atoms with E-state index in [1.807, 2.05) is 13.8 Å². The maximum Gasteiger partial charge on any atom is 0.251 e. The number of nitrogens with zero attached hydrogens (tertiary/aromatic N) is 1. The molecule has 34 heavy (non-hydrogen) atoms. The van der Waals surface area contributed by atoms with Crippen LogP contribution >= 0.6 is 0 Å². The Balaban J connectivity index is 1.76. The molecule has 0 saturated carbocycles. The number of benzene rings is 2. The average molecular weight is 490 g/mol. The fourth-order valence-corrected chi connectivity index (χ4v) is 5.12. The number of amides is 2. The third-order valence-corrected chi connectivity index (χ3v) is 7.53. The SMILES string of the molecule is CCN(CC)S(=O)(=O)c1cccc(C(=O)NC(C(=O)Nc2ccc3c(c2)OCCO3)C(C)C)c1. The summed E-state index contributed by atoms with van der Waals surface area (Å²) in [6, 6.07) is 10.1. The van der Waals surface area contributed by atoms with Crippen molar-refractivity contribution in [1.29, 1.82) is 0 Å². The van der Waals surface area contributed by atoms with Crippen molar-refractivity contribution >= 4 is 27.5 Å². The third kappa shape index (κ3) is 5.68. The van der Waals surface area contributed by atoms with Crippen molar-refractivity contribution in [2.45, 2.75) is 38.6 Å². The minimum atomic E-state index is -3.71. The van der Waals surface area contributed by atoms with Crippen LogP contribution in [0.4, 0.5) is 5.69 Å². The van der Waals surface area contributed by atoms with Crippen molar-refractivity contribution < 1.29 is 27.5 Å². The van der Waals surface area contributed by atoms with Crippen LogP contribution in [0.15, 0.2) is 47.4 Å². The second kappa shape index (κ2) is 10.9. The Bertz CT molecular complexity index is 1150. The second-order valence-electron chi connectivity index (χ2n) is 8.16. The van der Waals surface area contributed by atoms with E-state index >= 15 is 0 Å². The fraction of sp³-hybridized carbons (Fsp3) is 0.417. The van der Waals surface area contributed by atoms with Gasteiger partial charge in [-0.25, -0.2) is 8.42 Å². The Morgan fingerprint density at radius 2 is 1.68 bits per heavy atom. The van der Waals surface area contributed by atoms with Gasteiger partial charge in [-0.1, -0.05) is 33.8 Å². The number of rotatable bonds is 9. The lowest BCUT2D eigenvalue weighted by molar-refractivity contribution is -0.118. The van der Waals surface area contributed by atoms with Gasteiger partial charge < -0.3 is 20.1 Å². The molecule has 0 aliphatic carbocycles. The van der Waals surface area contributed by atoms with E-state index < -0.39 is 27.9 Å². The number of hydrogen-bond acceptors (Lipinski definition) is 6. The van der Waals surface area contributed by atoms with Crippen LogP contribution in [0, 0.1) is 5.92 Å². The maximum atomic E-state index is 13.0. The van der Waals surface area contributed by atoms with Gasteiger partial charge in [0.15, 0.2) is 11.5 Å². The number of carbonyl (C=O) groups excluding carboxylic acids is 2. The molecule has 3 rings (SSSR count). The first-order valence-corrected chi connectivity index (χ1v) is 12.7. The van der Waals surface area contributed by atoms with E-state index in [0.29, 0.717) is 43.5 Å². The smallest absolute Gasteiger partial charge is 0.251 e. The maximum absolute atomic E-state index is 13.0. The molecule has 2 amide bonds. The molecular weight excluding hydrogens is 458 g/mol. The Kier molecular flexibility index (Phi) is 8.16. The Morgan fingerprint density at radius 3 is 2.32 bits per heavy atom. The van der Waals surface area contributed by atoms with Crippen LogP contribution in [0.25, 0.3) is 0 Å². The number of fused-ring (bicyclic) bond motifs is 1. The van der Waals surface area contributed by atoms with Gasteiger partial charge in [0.05, 0.1) is 4.90 Å². The second-order valence-corrected chi connectivity index (χ2v) is 10.1. The zero-order valence-electron chi connectivity index (χ0n) is 19.8. The highest BCUT2D eigenvalue weighted by atomic mass is 32.2. The van der Waals surface area contributed by atoms with Crippen LogP contribution in [0.5, 0.6) is 11.5 Å². The van der Waals surface area contributed by atoms with Crippen LogP contribution in [0.1, 0.15) is 38.1 Å². The number of nitrogens with one attached hydrogen (secondary N) is 2. The summed E-state index contributed by atoms with van der Waals surface area (Å²) >= 11 is 0. The van der Waals surface area contributed by atoms with Gasteiger partial charge in [0.25, 0.3) is 5.91 Å². The lowest BCUT2D eigenvalue weighted by atomic mass is 10.0. The summed E-state index contributed by atoms with van der Waals surface area (Å²) in [4.78, 5) is 26.0. The zero-order valence-corrected chi connectivity index (χ0v) is 20.6. The highest BCUT2D eigenvalue weighted by Crippen LogP contribution is 2.32. The predicted octanol–water partition coefficient (Wildman–Crippen LogP) is 2.88. The minimum absolute atomic E-state index is 0.0330. The van der Waals surface area contributed by atoms with E-state index in [-0.39, 0.29) is 16.4 Å². The number of hydrogen-bond donors (Lipinski definition) is 2. The van der Waals surface area contributed by atoms with Gasteiger partial charge in [-0.3, -0.25) is 9.59 Å². The Hall–Kier alpha value is -3.11. The highest BCUT2D eigenvalue weighted by Gasteiger charge is 2.27. The molecule has 2 N–H and O–H groups in total. The first-order valence-electron chi connectivity index (χ1n) is 11.3. The summed E-state index contributed by atoms with van der Waals surface area (Å²) in [5.74, 6) is 0.00114. The summed E-state index contributed by atoms with van der Waals surface area (Å²) in [6.45, 7) is 8.69. The molecule has 0 radical (unpaired) electrons. The van der Waals surface area contributed by atoms with Crippen LogP contribution in [0.2, 0.25) is 0 Å². The molecule has 0 saturated heterocycles. The quantitative estimate of drug-likeness (QED) is 0.560. The molecule has 0 aromatic heterocycles. The molecule has 1 aliphatic heterocycles. The molecular formula is C24H31N3O6S. The molecule has 1 aliphatic rings. The van der Waals surface area contributed by atoms with E-state index in [1.165, 1.54) is 28.6 Å². The summed E-state index contributed by atoms with van der Waals surface area (Å²) in [6.07, 6.45) is 0. The summed E-state index contributed by atoms with van der Waals surface area (Å²) in [5.41, 5.74) is 0.674. The van der Waals surface area contributed by atoms with Crippen molar-refractivity contribution in [3.8, 4) is 11.5 Å². The first-order chi connectivity index (χ1) is 16.2. The van der Waals surface area contributed by atoms with Crippen molar-refractivity contribution in [3.63, 3.8) is 0 Å². The molecule has 0 fully saturated rings. The number of anilines is 1. The van der Waals surface area contributed by atoms with E-state index in [9.17, 15) is 18.0 Å². The molecule has 2 aromatic carbocycles. The summed E-state index contributed by atoms with van der Waals surface area (Å²) < 4.78 is 38.0. The molecule has 184 valence electrons. The molecule has 9 nitrogen and oxygen atoms in total. The minimum Gasteiger partial charge on any atom is -0.486 e. The third-order valence-electron chi connectivity index (χ3n) is 5.48. The largest absolute Gasteiger partial charge is 0.486 e. The summed E-state index contributed by atoms with van der Waals surface area (Å²) in [7, 11) is -3.71. The van der Waals surface area contributed by atoms with Gasteiger partial charge in [-0.05, 0) is 36.2 Å². The van der Waals surface area contributed by atoms with E-state index in [4.69, 9.17) is 9.47 Å². The molecule has 1 atom stereocenters. The standard InChI is InChI=1S/C24H31N3O6S/c1-5-27(6-2)34(30,31)19-9-7-8-17(14-19)23(28)26-22(16(3)4)24(29)25-18-10-11-20-21(15-18)33-13-12-32-20/h7-11,14-16,22H,5-6,12-13H2,1-4H3,(H,25,29)(H,26,28).